The summed E-state index contributed by atoms with van der Waals surface area (Å²) in [4.78, 5) is 8.84. The Morgan fingerprint density at radius 2 is 2.25 bits per heavy atom. The molecule has 0 saturated heterocycles. The molecule has 0 fully saturated rings. The van der Waals surface area contributed by atoms with Crippen LogP contribution >= 0.6 is 0 Å². The lowest BCUT2D eigenvalue weighted by molar-refractivity contribution is 0.356. The number of aryl methyl sites for hydroxylation is 1. The highest BCUT2D eigenvalue weighted by Gasteiger charge is 2.13. The van der Waals surface area contributed by atoms with Crippen molar-refractivity contribution in [3.8, 4) is 0 Å². The van der Waals surface area contributed by atoms with Crippen LogP contribution in [0, 0.1) is 12.8 Å². The van der Waals surface area contributed by atoms with Crippen LogP contribution < -0.4 is 5.73 Å². The summed E-state index contributed by atoms with van der Waals surface area (Å²) >= 11 is 0. The first-order valence-corrected chi connectivity index (χ1v) is 6.61. The Hall–Kier alpha value is -2.20. The van der Waals surface area contributed by atoms with Crippen LogP contribution in [0.5, 0.6) is 0 Å². The minimum absolute atomic E-state index is 0.0885. The molecule has 0 bridgehead atoms. The number of rotatable bonds is 3. The maximum absolute atomic E-state index is 9.05. The Bertz CT molecular complexity index is 585. The van der Waals surface area contributed by atoms with Crippen LogP contribution in [-0.2, 0) is 0 Å². The maximum atomic E-state index is 9.05. The Morgan fingerprint density at radius 1 is 1.40 bits per heavy atom. The second kappa shape index (κ2) is 6.82. The quantitative estimate of drug-likeness (QED) is 0.653. The summed E-state index contributed by atoms with van der Waals surface area (Å²) < 4.78 is 0. The fourth-order valence-corrected chi connectivity index (χ4v) is 1.98. The fraction of sp³-hybridized carbons (Fsp3) is 0.250. The van der Waals surface area contributed by atoms with E-state index in [1.54, 1.807) is 0 Å². The lowest BCUT2D eigenvalue weighted by Gasteiger charge is -2.13. The number of hydrogen-bond donors (Lipinski definition) is 2. The van der Waals surface area contributed by atoms with Crippen molar-refractivity contribution >= 4 is 17.4 Å². The first kappa shape index (κ1) is 14.2. The van der Waals surface area contributed by atoms with E-state index in [1.165, 1.54) is 0 Å². The zero-order valence-electron chi connectivity index (χ0n) is 11.5. The van der Waals surface area contributed by atoms with Gasteiger partial charge in [0, 0.05) is 5.92 Å². The summed E-state index contributed by atoms with van der Waals surface area (Å²) in [6, 6.07) is 7.90. The van der Waals surface area contributed by atoms with Crippen LogP contribution in [0.25, 0.3) is 0 Å². The minimum Gasteiger partial charge on any atom is -0.388 e. The van der Waals surface area contributed by atoms with Gasteiger partial charge in [0.1, 0.15) is 18.3 Å². The van der Waals surface area contributed by atoms with Gasteiger partial charge in [-0.3, -0.25) is 0 Å². The van der Waals surface area contributed by atoms with E-state index in [4.69, 9.17) is 10.8 Å². The number of nitrogens with two attached hydrogens (primary N) is 1. The summed E-state index contributed by atoms with van der Waals surface area (Å²) in [5.74, 6) is 0.896. The molecule has 0 radical (unpaired) electrons. The van der Waals surface area contributed by atoms with Crippen LogP contribution in [0.1, 0.15) is 12.0 Å². The Morgan fingerprint density at radius 3 is 2.90 bits per heavy atom. The summed E-state index contributed by atoms with van der Waals surface area (Å²) in [6.07, 6.45) is 8.93. The normalized spacial score (nSPS) is 19.4. The molecule has 2 rings (SSSR count). The molecule has 1 aromatic carbocycles. The number of hydrogen-bond acceptors (Lipinski definition) is 2. The highest BCUT2D eigenvalue weighted by Crippen LogP contribution is 2.20. The van der Waals surface area contributed by atoms with Gasteiger partial charge in [-0.1, -0.05) is 36.4 Å². The van der Waals surface area contributed by atoms with Crippen LogP contribution in [0.3, 0.4) is 0 Å². The van der Waals surface area contributed by atoms with E-state index >= 15 is 0 Å². The van der Waals surface area contributed by atoms with E-state index in [2.05, 4.69) is 16.1 Å². The van der Waals surface area contributed by atoms with Gasteiger partial charge in [-0.05, 0) is 31.0 Å². The molecular weight excluding hydrogens is 250 g/mol. The Balaban J connectivity index is 2.35. The first-order chi connectivity index (χ1) is 9.69. The van der Waals surface area contributed by atoms with E-state index in [0.29, 0.717) is 5.84 Å². The molecule has 0 aliphatic heterocycles. The van der Waals surface area contributed by atoms with Gasteiger partial charge in [-0.15, -0.1) is 0 Å². The van der Waals surface area contributed by atoms with E-state index in [9.17, 15) is 0 Å². The van der Waals surface area contributed by atoms with E-state index in [-0.39, 0.29) is 18.4 Å². The van der Waals surface area contributed by atoms with Gasteiger partial charge in [0.15, 0.2) is 0 Å². The monoisotopic (exact) mass is 269 g/mol. The van der Waals surface area contributed by atoms with Crippen molar-refractivity contribution in [2.45, 2.75) is 13.3 Å². The molecule has 0 saturated carbocycles. The van der Waals surface area contributed by atoms with Crippen molar-refractivity contribution in [1.82, 2.24) is 0 Å². The van der Waals surface area contributed by atoms with Crippen molar-refractivity contribution in [2.75, 3.05) is 6.61 Å². The third kappa shape index (κ3) is 3.90. The lowest BCUT2D eigenvalue weighted by Crippen LogP contribution is -2.21. The predicted molar refractivity (Wildman–Crippen MR) is 83.4 cm³/mol. The summed E-state index contributed by atoms with van der Waals surface area (Å²) in [5, 5.41) is 9.05. The van der Waals surface area contributed by atoms with Gasteiger partial charge in [-0.25, -0.2) is 9.98 Å². The number of allylic oxidation sites excluding steroid dienone is 3. The van der Waals surface area contributed by atoms with Crippen molar-refractivity contribution in [3.05, 3.63) is 54.1 Å². The van der Waals surface area contributed by atoms with E-state index < -0.39 is 0 Å². The van der Waals surface area contributed by atoms with Gasteiger partial charge in [0.2, 0.25) is 0 Å². The van der Waals surface area contributed by atoms with E-state index in [1.807, 2.05) is 49.4 Å². The summed E-state index contributed by atoms with van der Waals surface area (Å²) in [7, 11) is 0. The average molecular weight is 269 g/mol. The predicted octanol–water partition coefficient (Wildman–Crippen LogP) is 2.51. The minimum atomic E-state index is -0.265. The molecule has 3 N–H and O–H groups in total. The molecule has 104 valence electrons. The number of aliphatic hydroxyl groups is 1. The van der Waals surface area contributed by atoms with Gasteiger partial charge in [-0.2, -0.15) is 0 Å². The molecule has 1 atom stereocenters. The third-order valence-corrected chi connectivity index (χ3v) is 2.98. The molecule has 0 heterocycles. The molecule has 20 heavy (non-hydrogen) atoms. The smallest absolute Gasteiger partial charge is 0.138 e. The maximum Gasteiger partial charge on any atom is 0.138 e. The van der Waals surface area contributed by atoms with Gasteiger partial charge < -0.3 is 10.8 Å². The SMILES string of the molecule is Cc1cccc(N=C(N=C(N)CO)C2C=CC=CC2)c1. The third-order valence-electron chi connectivity index (χ3n) is 2.98. The number of nitrogens with zero attached hydrogens (tertiary/aromatic N) is 2. The van der Waals surface area contributed by atoms with E-state index in [0.717, 1.165) is 17.7 Å². The van der Waals surface area contributed by atoms with Gasteiger partial charge >= 0.3 is 0 Å². The zero-order valence-corrected chi connectivity index (χ0v) is 11.5. The number of benzene rings is 1. The number of amidine groups is 2. The Labute approximate surface area is 119 Å². The van der Waals surface area contributed by atoms with Crippen molar-refractivity contribution in [3.63, 3.8) is 0 Å². The molecule has 1 aromatic rings. The Kier molecular flexibility index (Phi) is 4.85. The van der Waals surface area contributed by atoms with Crippen molar-refractivity contribution in [1.29, 1.82) is 0 Å². The standard InChI is InChI=1S/C16H19N3O/c1-12-6-5-9-14(10-12)18-16(19-15(17)11-20)13-7-3-2-4-8-13/h2-7,9-10,13,20H,8,11H2,1H3,(H2,17,18,19). The molecular formula is C16H19N3O. The molecule has 4 nitrogen and oxygen atoms in total. The van der Waals surface area contributed by atoms with Crippen LogP contribution in [0.2, 0.25) is 0 Å². The highest BCUT2D eigenvalue weighted by atomic mass is 16.3. The molecule has 1 aliphatic rings. The summed E-state index contributed by atoms with van der Waals surface area (Å²) in [6.45, 7) is 1.76. The van der Waals surface area contributed by atoms with Gasteiger partial charge in [0.05, 0.1) is 5.69 Å². The zero-order chi connectivity index (χ0) is 14.4. The average Bonchev–Trinajstić information content (AvgIpc) is 2.47. The second-order valence-electron chi connectivity index (χ2n) is 4.73. The highest BCUT2D eigenvalue weighted by molar-refractivity contribution is 5.99. The second-order valence-corrected chi connectivity index (χ2v) is 4.73. The molecule has 4 heteroatoms. The van der Waals surface area contributed by atoms with Crippen LogP contribution in [-0.4, -0.2) is 23.4 Å². The molecule has 0 aromatic heterocycles. The topological polar surface area (TPSA) is 71.0 Å². The van der Waals surface area contributed by atoms with Gasteiger partial charge in [0.25, 0.3) is 0 Å². The van der Waals surface area contributed by atoms with Crippen molar-refractivity contribution in [2.24, 2.45) is 21.6 Å². The summed E-state index contributed by atoms with van der Waals surface area (Å²) in [5.41, 5.74) is 7.63. The lowest BCUT2D eigenvalue weighted by atomic mass is 9.99. The number of aliphatic hydroxyl groups excluding tert-OH is 1. The van der Waals surface area contributed by atoms with Crippen LogP contribution in [0.15, 0.2) is 58.6 Å². The molecule has 1 unspecified atom stereocenters. The molecule has 0 amide bonds. The fourth-order valence-electron chi connectivity index (χ4n) is 1.98. The van der Waals surface area contributed by atoms with Crippen LogP contribution in [0.4, 0.5) is 5.69 Å². The first-order valence-electron chi connectivity index (χ1n) is 6.61. The molecule has 0 spiro atoms. The largest absolute Gasteiger partial charge is 0.388 e. The molecule has 1 aliphatic carbocycles. The number of aliphatic imine (C=N–C) groups is 2. The van der Waals surface area contributed by atoms with Crippen molar-refractivity contribution < 1.29 is 5.11 Å².